The standard InChI is InChI=1S/C11H11FN2OS2/c1-6-5-16-11(14-6)17-10-4-9(15-2)8(13)3-7(10)12/h3-5H,13H2,1-2H3. The summed E-state index contributed by atoms with van der Waals surface area (Å²) in [5, 5.41) is 1.93. The van der Waals surface area contributed by atoms with Crippen LogP contribution in [0.3, 0.4) is 0 Å². The van der Waals surface area contributed by atoms with Crippen LogP contribution in [0.4, 0.5) is 10.1 Å². The molecule has 1 aromatic heterocycles. The lowest BCUT2D eigenvalue weighted by atomic mass is 10.3. The first kappa shape index (κ1) is 12.2. The van der Waals surface area contributed by atoms with Crippen molar-refractivity contribution < 1.29 is 9.13 Å². The molecule has 3 nitrogen and oxygen atoms in total. The largest absolute Gasteiger partial charge is 0.495 e. The topological polar surface area (TPSA) is 48.1 Å². The normalized spacial score (nSPS) is 10.5. The predicted octanol–water partition coefficient (Wildman–Crippen LogP) is 3.33. The summed E-state index contributed by atoms with van der Waals surface area (Å²) in [6.45, 7) is 1.90. The molecule has 0 aliphatic rings. The van der Waals surface area contributed by atoms with Crippen molar-refractivity contribution in [1.29, 1.82) is 0 Å². The highest BCUT2D eigenvalue weighted by atomic mass is 32.2. The van der Waals surface area contributed by atoms with E-state index in [1.807, 2.05) is 12.3 Å². The van der Waals surface area contributed by atoms with E-state index in [0.717, 1.165) is 10.0 Å². The Kier molecular flexibility index (Phi) is 3.54. The fourth-order valence-corrected chi connectivity index (χ4v) is 3.11. The fraction of sp³-hybridized carbons (Fsp3) is 0.182. The average Bonchev–Trinajstić information content (AvgIpc) is 2.68. The number of ether oxygens (including phenoxy) is 1. The summed E-state index contributed by atoms with van der Waals surface area (Å²) in [5.74, 6) is 0.114. The SMILES string of the molecule is COc1cc(Sc2nc(C)cs2)c(F)cc1N. The Hall–Kier alpha value is -1.27. The van der Waals surface area contributed by atoms with Crippen molar-refractivity contribution >= 4 is 28.8 Å². The Bertz CT molecular complexity index is 542. The third kappa shape index (κ3) is 2.70. The molecule has 0 amide bonds. The molecule has 0 atom stereocenters. The number of nitrogens with two attached hydrogens (primary N) is 1. The molecule has 0 bridgehead atoms. The molecule has 0 fully saturated rings. The van der Waals surface area contributed by atoms with Gasteiger partial charge in [0.05, 0.1) is 17.7 Å². The van der Waals surface area contributed by atoms with Gasteiger partial charge < -0.3 is 10.5 Å². The van der Waals surface area contributed by atoms with Crippen molar-refractivity contribution in [3.63, 3.8) is 0 Å². The number of aromatic nitrogens is 1. The zero-order chi connectivity index (χ0) is 12.4. The molecule has 2 N–H and O–H groups in total. The summed E-state index contributed by atoms with van der Waals surface area (Å²) in [6.07, 6.45) is 0. The Labute approximate surface area is 107 Å². The number of anilines is 1. The molecule has 0 aliphatic carbocycles. The lowest BCUT2D eigenvalue weighted by Crippen LogP contribution is -1.94. The van der Waals surface area contributed by atoms with Crippen molar-refractivity contribution in [3.05, 3.63) is 29.0 Å². The first-order valence-corrected chi connectivity index (χ1v) is 6.52. The van der Waals surface area contributed by atoms with Crippen molar-refractivity contribution in [3.8, 4) is 5.75 Å². The number of hydrogen-bond donors (Lipinski definition) is 1. The van der Waals surface area contributed by atoms with Gasteiger partial charge in [-0.25, -0.2) is 9.37 Å². The number of halogens is 1. The predicted molar refractivity (Wildman–Crippen MR) is 68.3 cm³/mol. The summed E-state index contributed by atoms with van der Waals surface area (Å²) in [5.41, 5.74) is 6.84. The molecule has 1 heterocycles. The van der Waals surface area contributed by atoms with Crippen LogP contribution in [0.2, 0.25) is 0 Å². The van der Waals surface area contributed by atoms with E-state index < -0.39 is 0 Å². The van der Waals surface area contributed by atoms with E-state index >= 15 is 0 Å². The van der Waals surface area contributed by atoms with Crippen LogP contribution in [-0.4, -0.2) is 12.1 Å². The quantitative estimate of drug-likeness (QED) is 0.869. The second-order valence-electron chi connectivity index (χ2n) is 3.38. The summed E-state index contributed by atoms with van der Waals surface area (Å²) >= 11 is 2.75. The first-order valence-electron chi connectivity index (χ1n) is 4.83. The average molecular weight is 270 g/mol. The Morgan fingerprint density at radius 2 is 2.24 bits per heavy atom. The van der Waals surface area contributed by atoms with Crippen LogP contribution in [0.5, 0.6) is 5.75 Å². The maximum absolute atomic E-state index is 13.7. The van der Waals surface area contributed by atoms with Crippen molar-refractivity contribution in [1.82, 2.24) is 4.98 Å². The van der Waals surface area contributed by atoms with Crippen LogP contribution >= 0.6 is 23.1 Å². The van der Waals surface area contributed by atoms with Gasteiger partial charge >= 0.3 is 0 Å². The number of nitrogens with zero attached hydrogens (tertiary/aromatic N) is 1. The molecule has 90 valence electrons. The number of thiazole rings is 1. The minimum atomic E-state index is -0.360. The molecule has 0 unspecified atom stereocenters. The second kappa shape index (κ2) is 4.93. The summed E-state index contributed by atoms with van der Waals surface area (Å²) in [4.78, 5) is 4.73. The Morgan fingerprint density at radius 3 is 2.82 bits per heavy atom. The van der Waals surface area contributed by atoms with Crippen LogP contribution in [0, 0.1) is 12.7 Å². The molecule has 2 aromatic rings. The molecule has 0 spiro atoms. The number of methoxy groups -OCH3 is 1. The monoisotopic (exact) mass is 270 g/mol. The minimum Gasteiger partial charge on any atom is -0.495 e. The molecular weight excluding hydrogens is 259 g/mol. The van der Waals surface area contributed by atoms with E-state index in [1.165, 1.54) is 36.3 Å². The number of nitrogen functional groups attached to an aromatic ring is 1. The third-order valence-corrected chi connectivity index (χ3v) is 4.17. The fourth-order valence-electron chi connectivity index (χ4n) is 1.28. The van der Waals surface area contributed by atoms with Crippen molar-refractivity contribution in [2.24, 2.45) is 0 Å². The third-order valence-electron chi connectivity index (χ3n) is 2.08. The maximum Gasteiger partial charge on any atom is 0.154 e. The zero-order valence-corrected chi connectivity index (χ0v) is 11.0. The van der Waals surface area contributed by atoms with Gasteiger partial charge in [0, 0.05) is 17.1 Å². The van der Waals surface area contributed by atoms with Crippen LogP contribution in [0.25, 0.3) is 0 Å². The molecule has 17 heavy (non-hydrogen) atoms. The second-order valence-corrected chi connectivity index (χ2v) is 5.53. The number of hydrogen-bond acceptors (Lipinski definition) is 5. The van der Waals surface area contributed by atoms with E-state index in [0.29, 0.717) is 16.3 Å². The molecule has 0 saturated heterocycles. The zero-order valence-electron chi connectivity index (χ0n) is 9.36. The Balaban J connectivity index is 2.32. The van der Waals surface area contributed by atoms with Crippen molar-refractivity contribution in [2.75, 3.05) is 12.8 Å². The molecule has 1 aromatic carbocycles. The molecule has 2 rings (SSSR count). The van der Waals surface area contributed by atoms with E-state index in [2.05, 4.69) is 4.98 Å². The Morgan fingerprint density at radius 1 is 1.47 bits per heavy atom. The summed E-state index contributed by atoms with van der Waals surface area (Å²) in [7, 11) is 1.51. The van der Waals surface area contributed by atoms with Crippen LogP contribution in [0.1, 0.15) is 5.69 Å². The van der Waals surface area contributed by atoms with Gasteiger partial charge in [-0.2, -0.15) is 0 Å². The van der Waals surface area contributed by atoms with Crippen molar-refractivity contribution in [2.45, 2.75) is 16.2 Å². The van der Waals surface area contributed by atoms with Gasteiger partial charge in [0.2, 0.25) is 0 Å². The molecule has 0 saturated carbocycles. The number of benzene rings is 1. The van der Waals surface area contributed by atoms with Gasteiger partial charge in [-0.3, -0.25) is 0 Å². The van der Waals surface area contributed by atoms with E-state index in [9.17, 15) is 4.39 Å². The van der Waals surface area contributed by atoms with E-state index in [-0.39, 0.29) is 5.82 Å². The first-order chi connectivity index (χ1) is 8.10. The highest BCUT2D eigenvalue weighted by Gasteiger charge is 2.11. The smallest absolute Gasteiger partial charge is 0.154 e. The lowest BCUT2D eigenvalue weighted by molar-refractivity contribution is 0.414. The van der Waals surface area contributed by atoms with Gasteiger partial charge in [0.1, 0.15) is 11.6 Å². The number of aryl methyl sites for hydroxylation is 1. The van der Waals surface area contributed by atoms with Gasteiger partial charge in [0.15, 0.2) is 4.34 Å². The number of rotatable bonds is 3. The van der Waals surface area contributed by atoms with Crippen LogP contribution < -0.4 is 10.5 Å². The molecule has 0 aliphatic heterocycles. The minimum absolute atomic E-state index is 0.296. The maximum atomic E-state index is 13.7. The van der Waals surface area contributed by atoms with Gasteiger partial charge in [-0.05, 0) is 13.0 Å². The summed E-state index contributed by atoms with van der Waals surface area (Å²) < 4.78 is 19.5. The van der Waals surface area contributed by atoms with Crippen LogP contribution in [0.15, 0.2) is 26.7 Å². The van der Waals surface area contributed by atoms with E-state index in [4.69, 9.17) is 10.5 Å². The van der Waals surface area contributed by atoms with E-state index in [1.54, 1.807) is 6.07 Å². The highest BCUT2D eigenvalue weighted by Crippen LogP contribution is 2.36. The molecule has 0 radical (unpaired) electrons. The van der Waals surface area contributed by atoms with Gasteiger partial charge in [0.25, 0.3) is 0 Å². The lowest BCUT2D eigenvalue weighted by Gasteiger charge is -2.07. The highest BCUT2D eigenvalue weighted by molar-refractivity contribution is 8.01. The summed E-state index contributed by atoms with van der Waals surface area (Å²) in [6, 6.07) is 2.85. The molecule has 6 heteroatoms. The van der Waals surface area contributed by atoms with Gasteiger partial charge in [-0.15, -0.1) is 11.3 Å². The molecular formula is C11H11FN2OS2. The van der Waals surface area contributed by atoms with Gasteiger partial charge in [-0.1, -0.05) is 11.8 Å². The van der Waals surface area contributed by atoms with Crippen LogP contribution in [-0.2, 0) is 0 Å².